The second-order valence-electron chi connectivity index (χ2n) is 6.57. The van der Waals surface area contributed by atoms with Gasteiger partial charge in [0.1, 0.15) is 12.3 Å². The third-order valence-corrected chi connectivity index (χ3v) is 7.08. The summed E-state index contributed by atoms with van der Waals surface area (Å²) < 4.78 is 27.3. The molecule has 3 atom stereocenters. The van der Waals surface area contributed by atoms with E-state index in [0.717, 1.165) is 12.0 Å². The standard InChI is InChI=1S/C17H18N4O9S2/c1-28-12(23)11-8(6-29-15(18)25)7-32(27)14-17(30-16(19)26,13(24)21(11)14)20-10(22)5-9-3-2-4-31-9/h2-4,14H,5-7H2,1H3,(H2,18,25)(H2,19,26)(H,20,22)/t14-,17+,32?/m1/s1. The number of nitrogens with two attached hydrogens (primary N) is 2. The number of amides is 4. The molecule has 0 spiro atoms. The maximum atomic E-state index is 13.1. The third kappa shape index (κ3) is 4.16. The monoisotopic (exact) mass is 486 g/mol. The molecule has 0 radical (unpaired) electrons. The first-order valence-electron chi connectivity index (χ1n) is 8.86. The fourth-order valence-electron chi connectivity index (χ4n) is 3.34. The van der Waals surface area contributed by atoms with Crippen LogP contribution in [-0.4, -0.2) is 69.6 Å². The maximum Gasteiger partial charge on any atom is 0.407 e. The molecule has 15 heteroatoms. The van der Waals surface area contributed by atoms with Crippen LogP contribution in [0.3, 0.4) is 0 Å². The van der Waals surface area contributed by atoms with Crippen molar-refractivity contribution in [3.8, 4) is 0 Å². The van der Waals surface area contributed by atoms with Gasteiger partial charge in [-0.15, -0.1) is 11.3 Å². The zero-order chi connectivity index (χ0) is 23.6. The number of methoxy groups -OCH3 is 1. The average Bonchev–Trinajstić information content (AvgIpc) is 3.22. The Morgan fingerprint density at radius 2 is 2.03 bits per heavy atom. The van der Waals surface area contributed by atoms with Crippen LogP contribution in [0.15, 0.2) is 28.8 Å². The summed E-state index contributed by atoms with van der Waals surface area (Å²) in [5.74, 6) is -3.15. The number of ether oxygens (including phenoxy) is 3. The Bertz CT molecular complexity index is 1040. The molecule has 1 aromatic rings. The zero-order valence-corrected chi connectivity index (χ0v) is 18.2. The Hall–Kier alpha value is -3.46. The molecule has 0 bridgehead atoms. The highest BCUT2D eigenvalue weighted by Crippen LogP contribution is 2.42. The molecule has 5 N–H and O–H groups in total. The van der Waals surface area contributed by atoms with Crippen LogP contribution >= 0.6 is 11.3 Å². The largest absolute Gasteiger partial charge is 0.464 e. The van der Waals surface area contributed by atoms with Crippen LogP contribution in [0.4, 0.5) is 9.59 Å². The topological polar surface area (TPSA) is 197 Å². The van der Waals surface area contributed by atoms with Crippen LogP contribution in [0.1, 0.15) is 4.88 Å². The van der Waals surface area contributed by atoms with Crippen LogP contribution in [-0.2, 0) is 45.8 Å². The quantitative estimate of drug-likeness (QED) is 0.180. The summed E-state index contributed by atoms with van der Waals surface area (Å²) in [6, 6.07) is 3.40. The van der Waals surface area contributed by atoms with Gasteiger partial charge in [0.25, 0.3) is 11.6 Å². The molecule has 1 fully saturated rings. The summed E-state index contributed by atoms with van der Waals surface area (Å²) in [4.78, 5) is 62.0. The van der Waals surface area contributed by atoms with Crippen LogP contribution in [0.2, 0.25) is 0 Å². The molecular weight excluding hydrogens is 468 g/mol. The lowest BCUT2D eigenvalue weighted by atomic mass is 9.98. The van der Waals surface area contributed by atoms with Crippen LogP contribution in [0, 0.1) is 0 Å². The predicted octanol–water partition coefficient (Wildman–Crippen LogP) is -1.35. The summed E-state index contributed by atoms with van der Waals surface area (Å²) >= 11 is 1.29. The number of nitrogens with zero attached hydrogens (tertiary/aromatic N) is 1. The van der Waals surface area contributed by atoms with Crippen molar-refractivity contribution in [2.45, 2.75) is 17.5 Å². The van der Waals surface area contributed by atoms with E-state index in [1.165, 1.54) is 11.3 Å². The normalized spacial score (nSPS) is 24.2. The Kier molecular flexibility index (Phi) is 6.50. The summed E-state index contributed by atoms with van der Waals surface area (Å²) in [5, 5.41) is 2.57. The van der Waals surface area contributed by atoms with E-state index in [4.69, 9.17) is 16.2 Å². The lowest BCUT2D eigenvalue weighted by Crippen LogP contribution is -2.84. The number of nitrogens with one attached hydrogen (secondary N) is 1. The average molecular weight is 486 g/mol. The molecule has 0 saturated carbocycles. The van der Waals surface area contributed by atoms with E-state index in [9.17, 15) is 28.2 Å². The number of hydrogen-bond donors (Lipinski definition) is 3. The first kappa shape index (κ1) is 23.2. The molecule has 13 nitrogen and oxygen atoms in total. The number of hydrogen-bond acceptors (Lipinski definition) is 10. The third-order valence-electron chi connectivity index (χ3n) is 4.53. The van der Waals surface area contributed by atoms with Crippen molar-refractivity contribution in [2.24, 2.45) is 11.5 Å². The van der Waals surface area contributed by atoms with Crippen LogP contribution in [0.25, 0.3) is 0 Å². The van der Waals surface area contributed by atoms with Gasteiger partial charge in [-0.1, -0.05) is 6.07 Å². The number of primary amides is 2. The molecule has 172 valence electrons. The molecule has 0 aromatic carbocycles. The smallest absolute Gasteiger partial charge is 0.407 e. The Balaban J connectivity index is 1.97. The molecule has 1 unspecified atom stereocenters. The fraction of sp³-hybridized carbons (Fsp3) is 0.353. The predicted molar refractivity (Wildman–Crippen MR) is 108 cm³/mol. The van der Waals surface area contributed by atoms with Crippen LogP contribution < -0.4 is 16.8 Å². The number of β-lactam (4-membered cyclic amide) rings is 1. The van der Waals surface area contributed by atoms with Crippen molar-refractivity contribution in [1.82, 2.24) is 10.2 Å². The Labute approximate surface area is 187 Å². The van der Waals surface area contributed by atoms with E-state index in [-0.39, 0.29) is 23.4 Å². The summed E-state index contributed by atoms with van der Waals surface area (Å²) in [6.07, 6.45) is -2.71. The van der Waals surface area contributed by atoms with E-state index in [2.05, 4.69) is 14.8 Å². The number of thiophene rings is 1. The highest BCUT2D eigenvalue weighted by Gasteiger charge is 2.71. The number of esters is 1. The number of rotatable bonds is 7. The van der Waals surface area contributed by atoms with E-state index in [0.29, 0.717) is 4.88 Å². The fourth-order valence-corrected chi connectivity index (χ4v) is 5.78. The van der Waals surface area contributed by atoms with Gasteiger partial charge in [0.15, 0.2) is 5.37 Å². The van der Waals surface area contributed by atoms with E-state index in [1.54, 1.807) is 17.5 Å². The molecule has 2 aliphatic heterocycles. The van der Waals surface area contributed by atoms with E-state index >= 15 is 0 Å². The van der Waals surface area contributed by atoms with Crippen molar-refractivity contribution in [3.05, 3.63) is 33.7 Å². The highest BCUT2D eigenvalue weighted by molar-refractivity contribution is 7.86. The maximum absolute atomic E-state index is 13.1. The SMILES string of the molecule is COC(=O)C1=C(COC(N)=O)CS(=O)[C@H]2N1C(=O)[C@]2(NC(=O)Cc1cccs1)OC(N)=O. The van der Waals surface area contributed by atoms with E-state index in [1.807, 2.05) is 0 Å². The lowest BCUT2D eigenvalue weighted by molar-refractivity contribution is -0.186. The molecule has 2 aliphatic rings. The van der Waals surface area contributed by atoms with Gasteiger partial charge in [0, 0.05) is 10.5 Å². The van der Waals surface area contributed by atoms with Gasteiger partial charge in [0.05, 0.1) is 30.1 Å². The van der Waals surface area contributed by atoms with Gasteiger partial charge in [-0.25, -0.2) is 14.4 Å². The molecule has 1 saturated heterocycles. The molecule has 3 rings (SSSR count). The number of carbonyl (C=O) groups excluding carboxylic acids is 5. The van der Waals surface area contributed by atoms with Gasteiger partial charge >= 0.3 is 18.2 Å². The Morgan fingerprint density at radius 1 is 1.31 bits per heavy atom. The summed E-state index contributed by atoms with van der Waals surface area (Å²) in [6.45, 7) is -0.531. The van der Waals surface area contributed by atoms with Gasteiger partial charge in [-0.2, -0.15) is 0 Å². The Morgan fingerprint density at radius 3 is 2.59 bits per heavy atom. The lowest BCUT2D eigenvalue weighted by Gasteiger charge is -2.54. The van der Waals surface area contributed by atoms with Gasteiger partial charge in [-0.3, -0.25) is 18.7 Å². The van der Waals surface area contributed by atoms with Crippen molar-refractivity contribution < 1.29 is 42.4 Å². The van der Waals surface area contributed by atoms with Crippen LogP contribution in [0.5, 0.6) is 0 Å². The minimum absolute atomic E-state index is 0.00355. The van der Waals surface area contributed by atoms with Gasteiger partial charge in [0.2, 0.25) is 5.91 Å². The molecule has 3 heterocycles. The second-order valence-corrected chi connectivity index (χ2v) is 9.09. The minimum Gasteiger partial charge on any atom is -0.464 e. The molecular formula is C17H18N4O9S2. The molecule has 1 aromatic heterocycles. The van der Waals surface area contributed by atoms with Gasteiger partial charge < -0.3 is 31.0 Å². The molecule has 4 amide bonds. The second kappa shape index (κ2) is 8.96. The van der Waals surface area contributed by atoms with Crippen molar-refractivity contribution in [2.75, 3.05) is 19.5 Å². The molecule has 32 heavy (non-hydrogen) atoms. The summed E-state index contributed by atoms with van der Waals surface area (Å²) in [5.41, 5.74) is 7.28. The zero-order valence-electron chi connectivity index (χ0n) is 16.5. The van der Waals surface area contributed by atoms with E-state index < -0.39 is 58.5 Å². The summed E-state index contributed by atoms with van der Waals surface area (Å²) in [7, 11) is -0.967. The van der Waals surface area contributed by atoms with Gasteiger partial charge in [-0.05, 0) is 11.4 Å². The van der Waals surface area contributed by atoms with Crippen molar-refractivity contribution in [1.29, 1.82) is 0 Å². The van der Waals surface area contributed by atoms with Crippen molar-refractivity contribution >= 4 is 52.1 Å². The number of carbonyl (C=O) groups is 5. The number of fused-ring (bicyclic) bond motifs is 1. The molecule has 0 aliphatic carbocycles. The first-order valence-corrected chi connectivity index (χ1v) is 11.1. The first-order chi connectivity index (χ1) is 15.1. The van der Waals surface area contributed by atoms with Crippen molar-refractivity contribution in [3.63, 3.8) is 0 Å². The minimum atomic E-state index is -2.39. The highest BCUT2D eigenvalue weighted by atomic mass is 32.2.